The summed E-state index contributed by atoms with van der Waals surface area (Å²) >= 11 is 5.64. The Morgan fingerprint density at radius 2 is 0.718 bits per heavy atom. The van der Waals surface area contributed by atoms with Crippen molar-refractivity contribution in [2.24, 2.45) is 0 Å². The number of phosphoric ester groups is 4. The summed E-state index contributed by atoms with van der Waals surface area (Å²) in [4.78, 5) is 173. The first kappa shape index (κ1) is 65.7. The number of hydrogen-bond acceptors (Lipinski definition) is 25. The molecule has 4 aromatic rings. The van der Waals surface area contributed by atoms with E-state index in [9.17, 15) is 85.9 Å². The number of carbonyl (C=O) groups excluding carboxylic acids is 1. The van der Waals surface area contributed by atoms with Crippen LogP contribution in [0, 0.1) is 27.7 Å². The number of aryl methyl sites for hydroxylation is 4. The maximum atomic E-state index is 14.0. The lowest BCUT2D eigenvalue weighted by molar-refractivity contribution is -0.149. The van der Waals surface area contributed by atoms with Crippen LogP contribution < -0.4 is 45.0 Å². The first-order valence-corrected chi connectivity index (χ1v) is 31.6. The van der Waals surface area contributed by atoms with Crippen LogP contribution in [0.2, 0.25) is 0 Å². The predicted octanol–water partition coefficient (Wildman–Crippen LogP) is -1.66. The number of ether oxygens (including phenoxy) is 5. The Bertz CT molecular complexity index is 3870. The number of aromatic nitrogens is 8. The average molecular weight is 1310 g/mol. The molecule has 38 nitrogen and oxygen atoms in total. The van der Waals surface area contributed by atoms with Crippen molar-refractivity contribution in [3.8, 4) is 0 Å². The Morgan fingerprint density at radius 3 is 0.976 bits per heavy atom. The molecule has 0 saturated carbocycles. The Hall–Kier alpha value is -5.24. The molecule has 15 atom stereocenters. The molecule has 0 radical (unpaired) electrons. The van der Waals surface area contributed by atoms with E-state index in [4.69, 9.17) is 62.4 Å². The molecule has 8 rings (SSSR count). The number of phosphoric acid groups is 4. The molecule has 0 amide bonds. The Balaban J connectivity index is 0.990. The van der Waals surface area contributed by atoms with E-state index in [2.05, 4.69) is 14.5 Å². The zero-order valence-electron chi connectivity index (χ0n) is 44.5. The van der Waals surface area contributed by atoms with Crippen LogP contribution in [0.1, 0.15) is 72.8 Å². The molecule has 15 unspecified atom stereocenters. The molecule has 0 spiro atoms. The van der Waals surface area contributed by atoms with Crippen molar-refractivity contribution in [2.75, 3.05) is 32.3 Å². The van der Waals surface area contributed by atoms with Gasteiger partial charge in [-0.2, -0.15) is 0 Å². The number of carbonyl (C=O) groups is 1. The van der Waals surface area contributed by atoms with E-state index in [0.717, 1.165) is 36.9 Å². The van der Waals surface area contributed by atoms with Crippen LogP contribution in [0.15, 0.2) is 63.1 Å². The molecule has 4 aliphatic heterocycles. The topological polar surface area (TPSA) is 517 Å². The largest absolute Gasteiger partial charge is 0.472 e. The van der Waals surface area contributed by atoms with Gasteiger partial charge in [0.1, 0.15) is 79.6 Å². The number of halogens is 1. The van der Waals surface area contributed by atoms with E-state index in [0.29, 0.717) is 0 Å². The van der Waals surface area contributed by atoms with Crippen molar-refractivity contribution in [2.45, 2.75) is 127 Å². The summed E-state index contributed by atoms with van der Waals surface area (Å²) in [6.45, 7) is 1.32. The minimum absolute atomic E-state index is 0.00347. The first-order valence-electron chi connectivity index (χ1n) is 25.0. The highest BCUT2D eigenvalue weighted by Crippen LogP contribution is 2.54. The number of nitrogens with zero attached hydrogens (tertiary/aromatic N) is 4. The van der Waals surface area contributed by atoms with E-state index in [1.165, 1.54) is 33.9 Å². The van der Waals surface area contributed by atoms with Crippen LogP contribution in [0.3, 0.4) is 0 Å². The zero-order valence-corrected chi connectivity index (χ0v) is 48.8. The van der Waals surface area contributed by atoms with Gasteiger partial charge in [0.25, 0.3) is 22.2 Å². The summed E-state index contributed by atoms with van der Waals surface area (Å²) in [5, 5.41) is 0. The van der Waals surface area contributed by atoms with E-state index >= 15 is 0 Å². The van der Waals surface area contributed by atoms with Crippen molar-refractivity contribution in [3.63, 3.8) is 0 Å². The number of hydrogen-bond donors (Lipinski definition) is 9. The molecule has 0 bridgehead atoms. The van der Waals surface area contributed by atoms with Gasteiger partial charge in [-0.05, 0) is 27.7 Å². The maximum Gasteiger partial charge on any atom is 0.472 e. The zero-order chi connectivity index (χ0) is 62.2. The number of H-pyrrole nitrogens is 4. The van der Waals surface area contributed by atoms with Crippen molar-refractivity contribution in [3.05, 3.63) is 130 Å². The number of rotatable bonds is 24. The lowest BCUT2D eigenvalue weighted by atomic mass is 10.2. The van der Waals surface area contributed by atoms with Crippen molar-refractivity contribution < 1.29 is 103 Å². The third-order valence-corrected chi connectivity index (χ3v) is 17.1. The van der Waals surface area contributed by atoms with E-state index in [-0.39, 0.29) is 28.7 Å². The molecular weight excluding hydrogens is 1260 g/mol. The second kappa shape index (κ2) is 26.2. The minimum Gasteiger partial charge on any atom is -0.458 e. The summed E-state index contributed by atoms with van der Waals surface area (Å²) < 4.78 is 122. The second-order valence-electron chi connectivity index (χ2n) is 19.5. The van der Waals surface area contributed by atoms with Crippen LogP contribution in [0.5, 0.6) is 0 Å². The molecule has 4 aliphatic rings. The van der Waals surface area contributed by atoms with Crippen LogP contribution >= 0.6 is 42.9 Å². The lowest BCUT2D eigenvalue weighted by Crippen LogP contribution is -2.33. The first-order chi connectivity index (χ1) is 39.7. The van der Waals surface area contributed by atoms with E-state index < -0.39 is 208 Å². The maximum absolute atomic E-state index is 14.0. The van der Waals surface area contributed by atoms with Gasteiger partial charge in [-0.25, -0.2) is 37.4 Å². The smallest absolute Gasteiger partial charge is 0.458 e. The highest BCUT2D eigenvalue weighted by molar-refractivity contribution is 7.48. The molecule has 8 heterocycles. The summed E-state index contributed by atoms with van der Waals surface area (Å²) in [6, 6.07) is 0. The molecule has 4 saturated heterocycles. The molecule has 470 valence electrons. The summed E-state index contributed by atoms with van der Waals surface area (Å²) in [6.07, 6.45) is -15.9. The average Bonchev–Trinajstić information content (AvgIpc) is 3.06. The third-order valence-electron chi connectivity index (χ3n) is 13.4. The van der Waals surface area contributed by atoms with Gasteiger partial charge in [-0.3, -0.25) is 93.8 Å². The molecule has 85 heavy (non-hydrogen) atoms. The monoisotopic (exact) mass is 1310 g/mol. The Kier molecular flexibility index (Phi) is 20.3. The van der Waals surface area contributed by atoms with E-state index in [1.54, 1.807) is 0 Å². The predicted molar refractivity (Wildman–Crippen MR) is 279 cm³/mol. The molecule has 0 aliphatic carbocycles. The van der Waals surface area contributed by atoms with Gasteiger partial charge in [0, 0.05) is 72.7 Å². The Morgan fingerprint density at radius 1 is 0.471 bits per heavy atom. The fraction of sp³-hybridized carbons (Fsp3) is 0.595. The number of aromatic amines is 4. The highest BCUT2D eigenvalue weighted by Gasteiger charge is 2.49. The molecule has 0 aromatic carbocycles. The van der Waals surface area contributed by atoms with Gasteiger partial charge in [0.15, 0.2) is 0 Å². The standard InChI is InChI=1S/C42H55ClN8O30P4/c1-18-10-48(39(57)44-35(18)53)30-5-22(78-34(52)9-43)26(74-30)15-71-83(64,65)80-24-7-32(50-12-20(3)37(55)46-41(50)59)76-28(24)17-73-85(68,69)81-25-8-33(51-13-21(4)38(56)47-42(51)60)77-29(25)16-72-84(66,67)79-23-6-31(75-27(23)14-70-82(61,62)63)49-11-19(2)36(54)45-40(49)58/h10-13,22-33H,5-9,14-17H2,1-4H3,(H,64,65)(H,66,67)(H,68,69)(H,44,53,57)(H,45,54,58)(H,46,55,59)(H,47,56,60)(H2,61,62,63). The fourth-order valence-electron chi connectivity index (χ4n) is 9.22. The van der Waals surface area contributed by atoms with E-state index in [1.807, 2.05) is 9.97 Å². The van der Waals surface area contributed by atoms with Crippen molar-refractivity contribution in [1.82, 2.24) is 38.2 Å². The van der Waals surface area contributed by atoms with Gasteiger partial charge in [0.05, 0.1) is 26.4 Å². The van der Waals surface area contributed by atoms with Gasteiger partial charge in [-0.15, -0.1) is 11.6 Å². The number of alkyl halides is 1. The third kappa shape index (κ3) is 16.5. The van der Waals surface area contributed by atoms with Crippen LogP contribution in [0.4, 0.5) is 0 Å². The molecule has 9 N–H and O–H groups in total. The summed E-state index contributed by atoms with van der Waals surface area (Å²) in [5.41, 5.74) is -6.91. The highest BCUT2D eigenvalue weighted by atomic mass is 35.5. The second-order valence-corrected chi connectivity index (χ2v) is 25.3. The SMILES string of the molecule is Cc1cn(C2CC(OC(=O)CCl)C(COP(=O)(O)OC3CC(n4cc(C)c(=O)[nH]c4=O)OC3COP(=O)(O)OC3CC(n4cc(C)c(=O)[nH]c4=O)OC3COP(=O)(O)OC3CC(n4cc(C)c(=O)[nH]c4=O)OC3COP(=O)(O)O)O2)c(=O)[nH]c1=O. The quantitative estimate of drug-likeness (QED) is 0.0215. The van der Waals surface area contributed by atoms with Crippen LogP contribution in [-0.2, 0) is 78.4 Å². The Labute approximate surface area is 478 Å². The van der Waals surface area contributed by atoms with Gasteiger partial charge in [0.2, 0.25) is 0 Å². The lowest BCUT2D eigenvalue weighted by Gasteiger charge is -2.25. The number of esters is 1. The van der Waals surface area contributed by atoms with Gasteiger partial charge >= 0.3 is 60.0 Å². The minimum atomic E-state index is -5.54. The summed E-state index contributed by atoms with van der Waals surface area (Å²) in [7, 11) is -21.6. The molecule has 43 heteroatoms. The molecule has 4 fully saturated rings. The van der Waals surface area contributed by atoms with Gasteiger partial charge in [-0.1, -0.05) is 0 Å². The molecular formula is C42H55ClN8O30P4. The van der Waals surface area contributed by atoms with Crippen LogP contribution in [0.25, 0.3) is 0 Å². The van der Waals surface area contributed by atoms with Crippen molar-refractivity contribution >= 4 is 48.9 Å². The fourth-order valence-corrected chi connectivity index (χ4v) is 12.5. The summed E-state index contributed by atoms with van der Waals surface area (Å²) in [5.74, 6) is -1.58. The van der Waals surface area contributed by atoms with Crippen LogP contribution in [-0.4, -0.2) is 150 Å². The van der Waals surface area contributed by atoms with Crippen molar-refractivity contribution in [1.29, 1.82) is 0 Å². The van der Waals surface area contributed by atoms with Gasteiger partial charge < -0.3 is 48.2 Å². The normalized spacial score (nSPS) is 28.3. The number of nitrogens with one attached hydrogen (secondary N) is 4. The molecule has 4 aromatic heterocycles.